The minimum atomic E-state index is -0.198. The molecule has 2 unspecified atom stereocenters. The maximum atomic E-state index is 12.0. The lowest BCUT2D eigenvalue weighted by atomic mass is 10.1. The van der Waals surface area contributed by atoms with Crippen LogP contribution in [0.15, 0.2) is 24.3 Å². The Hall–Kier alpha value is -1.71. The lowest BCUT2D eigenvalue weighted by molar-refractivity contribution is 0.0698. The number of anilines is 1. The Balaban J connectivity index is 2.09. The van der Waals surface area contributed by atoms with Crippen molar-refractivity contribution in [2.24, 2.45) is 0 Å². The number of hydrogen-bond donors (Lipinski definition) is 0. The van der Waals surface area contributed by atoms with Crippen molar-refractivity contribution in [3.8, 4) is 0 Å². The van der Waals surface area contributed by atoms with E-state index < -0.39 is 0 Å². The normalized spacial score (nSPS) is 22.8. The Morgan fingerprint density at radius 2 is 1.75 bits per heavy atom. The average Bonchev–Trinajstić information content (AvgIpc) is 2.39. The highest BCUT2D eigenvalue weighted by molar-refractivity contribution is 5.69. The van der Waals surface area contributed by atoms with Gasteiger partial charge in [0.25, 0.3) is 0 Å². The number of nitrogens with zero attached hydrogens (tertiary/aromatic N) is 2. The van der Waals surface area contributed by atoms with Crippen LogP contribution in [0.25, 0.3) is 0 Å². The van der Waals surface area contributed by atoms with Crippen LogP contribution in [0.3, 0.4) is 0 Å². The smallest absolute Gasteiger partial charge is 0.410 e. The van der Waals surface area contributed by atoms with Gasteiger partial charge in [-0.25, -0.2) is 4.79 Å². The van der Waals surface area contributed by atoms with Crippen molar-refractivity contribution in [3.05, 3.63) is 29.8 Å². The van der Waals surface area contributed by atoms with Gasteiger partial charge in [0.05, 0.1) is 18.7 Å². The molecule has 0 bridgehead atoms. The predicted molar refractivity (Wildman–Crippen MR) is 81.2 cm³/mol. The average molecular weight is 276 g/mol. The summed E-state index contributed by atoms with van der Waals surface area (Å²) in [7, 11) is 0. The second-order valence-corrected chi connectivity index (χ2v) is 5.54. The molecule has 1 saturated heterocycles. The van der Waals surface area contributed by atoms with Gasteiger partial charge in [-0.3, -0.25) is 4.90 Å². The molecule has 0 spiro atoms. The molecule has 0 saturated carbocycles. The van der Waals surface area contributed by atoms with Gasteiger partial charge in [0.1, 0.15) is 0 Å². The first kappa shape index (κ1) is 14.7. The number of carbonyl (C=O) groups excluding carboxylic acids is 1. The molecule has 0 N–H and O–H groups in total. The summed E-state index contributed by atoms with van der Waals surface area (Å²) >= 11 is 0. The number of amides is 1. The zero-order valence-corrected chi connectivity index (χ0v) is 12.8. The van der Waals surface area contributed by atoms with Crippen molar-refractivity contribution in [2.45, 2.75) is 39.8 Å². The Morgan fingerprint density at radius 3 is 2.25 bits per heavy atom. The van der Waals surface area contributed by atoms with Crippen LogP contribution in [0.1, 0.15) is 26.3 Å². The van der Waals surface area contributed by atoms with Crippen molar-refractivity contribution in [1.29, 1.82) is 0 Å². The summed E-state index contributed by atoms with van der Waals surface area (Å²) in [6, 6.07) is 8.85. The molecule has 0 radical (unpaired) electrons. The monoisotopic (exact) mass is 276 g/mol. The third-order valence-corrected chi connectivity index (χ3v) is 3.80. The molecule has 4 heteroatoms. The number of ether oxygens (including phenoxy) is 1. The second-order valence-electron chi connectivity index (χ2n) is 5.54. The lowest BCUT2D eigenvalue weighted by Gasteiger charge is -2.44. The molecule has 4 nitrogen and oxygen atoms in total. The first-order chi connectivity index (χ1) is 9.52. The van der Waals surface area contributed by atoms with E-state index in [4.69, 9.17) is 4.74 Å². The summed E-state index contributed by atoms with van der Waals surface area (Å²) in [6.07, 6.45) is -0.198. The topological polar surface area (TPSA) is 32.8 Å². The molecule has 1 aliphatic heterocycles. The van der Waals surface area contributed by atoms with Crippen LogP contribution in [0.2, 0.25) is 0 Å². The maximum Gasteiger partial charge on any atom is 0.410 e. The van der Waals surface area contributed by atoms with Crippen molar-refractivity contribution in [1.82, 2.24) is 4.90 Å². The lowest BCUT2D eigenvalue weighted by Crippen LogP contribution is -2.58. The van der Waals surface area contributed by atoms with Crippen LogP contribution < -0.4 is 4.90 Å². The fourth-order valence-electron chi connectivity index (χ4n) is 2.85. The highest BCUT2D eigenvalue weighted by atomic mass is 16.6. The molecule has 2 atom stereocenters. The van der Waals surface area contributed by atoms with Gasteiger partial charge >= 0.3 is 6.09 Å². The van der Waals surface area contributed by atoms with Crippen LogP contribution >= 0.6 is 0 Å². The Labute approximate surface area is 121 Å². The van der Waals surface area contributed by atoms with Crippen LogP contribution in [0.4, 0.5) is 10.5 Å². The minimum absolute atomic E-state index is 0.152. The molecule has 1 heterocycles. The minimum Gasteiger partial charge on any atom is -0.450 e. The largest absolute Gasteiger partial charge is 0.450 e. The van der Waals surface area contributed by atoms with E-state index in [1.54, 1.807) is 0 Å². The SMILES string of the molecule is CCOC(=O)N1C(C)CN(c2ccc(C)cc2)CC1C. The van der Waals surface area contributed by atoms with E-state index in [0.29, 0.717) is 6.61 Å². The standard InChI is InChI=1S/C16H24N2O2/c1-5-20-16(19)18-13(3)10-17(11-14(18)4)15-8-6-12(2)7-9-15/h6-9,13-14H,5,10-11H2,1-4H3. The highest BCUT2D eigenvalue weighted by Gasteiger charge is 2.33. The van der Waals surface area contributed by atoms with Crippen LogP contribution in [-0.4, -0.2) is 42.8 Å². The summed E-state index contributed by atoms with van der Waals surface area (Å²) < 4.78 is 5.15. The summed E-state index contributed by atoms with van der Waals surface area (Å²) in [6.45, 7) is 10.2. The van der Waals surface area contributed by atoms with E-state index in [0.717, 1.165) is 13.1 Å². The van der Waals surface area contributed by atoms with Crippen molar-refractivity contribution < 1.29 is 9.53 Å². The molecular formula is C16H24N2O2. The molecule has 0 aromatic heterocycles. The fraction of sp³-hybridized carbons (Fsp3) is 0.562. The van der Waals surface area contributed by atoms with E-state index in [2.05, 4.69) is 49.9 Å². The Morgan fingerprint density at radius 1 is 1.20 bits per heavy atom. The van der Waals surface area contributed by atoms with Crippen LogP contribution in [0.5, 0.6) is 0 Å². The third kappa shape index (κ3) is 3.06. The Kier molecular flexibility index (Phi) is 4.53. The van der Waals surface area contributed by atoms with Gasteiger partial charge in [-0.1, -0.05) is 17.7 Å². The van der Waals surface area contributed by atoms with E-state index in [1.165, 1.54) is 11.3 Å². The fourth-order valence-corrected chi connectivity index (χ4v) is 2.85. The highest BCUT2D eigenvalue weighted by Crippen LogP contribution is 2.23. The molecule has 1 fully saturated rings. The summed E-state index contributed by atoms with van der Waals surface area (Å²) in [5.41, 5.74) is 2.48. The van der Waals surface area contributed by atoms with Gasteiger partial charge in [-0.15, -0.1) is 0 Å². The Bertz CT molecular complexity index is 446. The molecule has 1 aliphatic rings. The molecule has 1 amide bonds. The van der Waals surface area contributed by atoms with E-state index in [1.807, 2.05) is 11.8 Å². The number of piperazine rings is 1. The summed E-state index contributed by atoms with van der Waals surface area (Å²) in [5, 5.41) is 0. The predicted octanol–water partition coefficient (Wildman–Crippen LogP) is 3.05. The first-order valence-electron chi connectivity index (χ1n) is 7.29. The van der Waals surface area contributed by atoms with Gasteiger partial charge < -0.3 is 9.64 Å². The molecule has 0 aliphatic carbocycles. The van der Waals surface area contributed by atoms with Gasteiger partial charge in [0.2, 0.25) is 0 Å². The number of aryl methyl sites for hydroxylation is 1. The maximum absolute atomic E-state index is 12.0. The van der Waals surface area contributed by atoms with Gasteiger partial charge in [0, 0.05) is 18.8 Å². The van der Waals surface area contributed by atoms with Gasteiger partial charge in [-0.2, -0.15) is 0 Å². The molecular weight excluding hydrogens is 252 g/mol. The van der Waals surface area contributed by atoms with Crippen LogP contribution in [-0.2, 0) is 4.74 Å². The number of carbonyl (C=O) groups is 1. The molecule has 2 rings (SSSR count). The molecule has 110 valence electrons. The number of rotatable bonds is 2. The summed E-state index contributed by atoms with van der Waals surface area (Å²) in [5.74, 6) is 0. The van der Waals surface area contributed by atoms with E-state index >= 15 is 0 Å². The zero-order chi connectivity index (χ0) is 14.7. The van der Waals surface area contributed by atoms with E-state index in [9.17, 15) is 4.79 Å². The van der Waals surface area contributed by atoms with E-state index in [-0.39, 0.29) is 18.2 Å². The van der Waals surface area contributed by atoms with Gasteiger partial charge in [0.15, 0.2) is 0 Å². The quantitative estimate of drug-likeness (QED) is 0.832. The number of hydrogen-bond acceptors (Lipinski definition) is 3. The van der Waals surface area contributed by atoms with Crippen LogP contribution in [0, 0.1) is 6.92 Å². The first-order valence-corrected chi connectivity index (χ1v) is 7.29. The van der Waals surface area contributed by atoms with Crippen molar-refractivity contribution >= 4 is 11.8 Å². The van der Waals surface area contributed by atoms with Gasteiger partial charge in [-0.05, 0) is 39.8 Å². The molecule has 1 aromatic rings. The van der Waals surface area contributed by atoms with Crippen molar-refractivity contribution in [3.63, 3.8) is 0 Å². The number of benzene rings is 1. The zero-order valence-electron chi connectivity index (χ0n) is 12.8. The third-order valence-electron chi connectivity index (χ3n) is 3.80. The summed E-state index contributed by atoms with van der Waals surface area (Å²) in [4.78, 5) is 16.2. The van der Waals surface area contributed by atoms with Crippen molar-refractivity contribution in [2.75, 3.05) is 24.6 Å². The second kappa shape index (κ2) is 6.16. The molecule has 20 heavy (non-hydrogen) atoms. The molecule has 1 aromatic carbocycles.